The summed E-state index contributed by atoms with van der Waals surface area (Å²) in [5.74, 6) is 0.561. The minimum atomic E-state index is -0.537. The quantitative estimate of drug-likeness (QED) is 0.289. The van der Waals surface area contributed by atoms with E-state index in [2.05, 4.69) is 20.4 Å². The van der Waals surface area contributed by atoms with Gasteiger partial charge in [-0.25, -0.2) is 0 Å². The fourth-order valence-corrected chi connectivity index (χ4v) is 4.58. The van der Waals surface area contributed by atoms with Crippen LogP contribution in [0.15, 0.2) is 47.6 Å². The van der Waals surface area contributed by atoms with Gasteiger partial charge in [-0.15, -0.1) is 10.2 Å². The third-order valence-electron chi connectivity index (χ3n) is 5.32. The monoisotopic (exact) mass is 486 g/mol. The van der Waals surface area contributed by atoms with Gasteiger partial charge in [0.2, 0.25) is 11.9 Å². The summed E-state index contributed by atoms with van der Waals surface area (Å²) in [6.45, 7) is 3.88. The van der Waals surface area contributed by atoms with Crippen LogP contribution >= 0.6 is 23.4 Å². The summed E-state index contributed by atoms with van der Waals surface area (Å²) in [4.78, 5) is 25.1. The summed E-state index contributed by atoms with van der Waals surface area (Å²) in [5.41, 5.74) is 2.28. The molecule has 0 aliphatic carbocycles. The number of carbonyl (C=O) groups is 1. The van der Waals surface area contributed by atoms with E-state index < -0.39 is 4.92 Å². The highest BCUT2D eigenvalue weighted by molar-refractivity contribution is 7.99. The molecule has 4 rings (SSSR count). The van der Waals surface area contributed by atoms with Gasteiger partial charge >= 0.3 is 0 Å². The van der Waals surface area contributed by atoms with E-state index >= 15 is 0 Å². The molecule has 0 radical (unpaired) electrons. The van der Waals surface area contributed by atoms with Crippen molar-refractivity contribution < 1.29 is 9.72 Å². The highest BCUT2D eigenvalue weighted by Crippen LogP contribution is 2.30. The number of hydrogen-bond donors (Lipinski definition) is 1. The summed E-state index contributed by atoms with van der Waals surface area (Å²) in [6.07, 6.45) is 3.44. The Morgan fingerprint density at radius 1 is 1.15 bits per heavy atom. The van der Waals surface area contributed by atoms with Gasteiger partial charge in [-0.3, -0.25) is 19.5 Å². The number of nitrogens with one attached hydrogen (secondary N) is 1. The Hall–Kier alpha value is -3.11. The van der Waals surface area contributed by atoms with Crippen LogP contribution in [0.2, 0.25) is 5.02 Å². The molecule has 1 fully saturated rings. The van der Waals surface area contributed by atoms with Crippen LogP contribution in [0.3, 0.4) is 0 Å². The van der Waals surface area contributed by atoms with Crippen molar-refractivity contribution in [1.82, 2.24) is 14.8 Å². The number of nitro benzene ring substituents is 1. The lowest BCUT2D eigenvalue weighted by atomic mass is 10.1. The van der Waals surface area contributed by atoms with Gasteiger partial charge in [-0.2, -0.15) is 0 Å². The summed E-state index contributed by atoms with van der Waals surface area (Å²) in [5, 5.41) is 23.1. The molecule has 1 N–H and O–H groups in total. The van der Waals surface area contributed by atoms with Gasteiger partial charge in [0, 0.05) is 25.2 Å². The number of halogens is 1. The minimum absolute atomic E-state index is 0.0807. The molecule has 1 aliphatic rings. The molecule has 2 heterocycles. The maximum absolute atomic E-state index is 12.6. The summed E-state index contributed by atoms with van der Waals surface area (Å²) in [6, 6.07) is 12.0. The molecule has 0 bridgehead atoms. The van der Waals surface area contributed by atoms with Crippen LogP contribution in [0, 0.1) is 17.0 Å². The Morgan fingerprint density at radius 3 is 2.55 bits per heavy atom. The van der Waals surface area contributed by atoms with Crippen LogP contribution in [0.4, 0.5) is 17.3 Å². The first kappa shape index (κ1) is 23.1. The molecule has 11 heteroatoms. The number of aromatic nitrogens is 3. The molecule has 1 saturated heterocycles. The number of hydrogen-bond acceptors (Lipinski definition) is 7. The highest BCUT2D eigenvalue weighted by atomic mass is 35.5. The number of nitrogens with zero attached hydrogens (tertiary/aromatic N) is 5. The third kappa shape index (κ3) is 5.45. The number of benzene rings is 2. The molecule has 3 aromatic rings. The van der Waals surface area contributed by atoms with Gasteiger partial charge in [0.05, 0.1) is 27.1 Å². The number of non-ortho nitro benzene ring substituents is 1. The van der Waals surface area contributed by atoms with Crippen molar-refractivity contribution in [2.75, 3.05) is 29.1 Å². The number of amides is 1. The van der Waals surface area contributed by atoms with E-state index in [-0.39, 0.29) is 22.4 Å². The number of rotatable bonds is 7. The molecule has 2 aromatic carbocycles. The molecule has 0 atom stereocenters. The van der Waals surface area contributed by atoms with Gasteiger partial charge in [0.15, 0.2) is 5.16 Å². The Kier molecular flexibility index (Phi) is 7.14. The molecular weight excluding hydrogens is 464 g/mol. The first-order valence-electron chi connectivity index (χ1n) is 10.6. The van der Waals surface area contributed by atoms with Gasteiger partial charge in [-0.05, 0) is 44.4 Å². The van der Waals surface area contributed by atoms with Crippen LogP contribution in [-0.2, 0) is 4.79 Å². The van der Waals surface area contributed by atoms with Gasteiger partial charge in [0.25, 0.3) is 5.69 Å². The molecule has 0 saturated carbocycles. The lowest BCUT2D eigenvalue weighted by Gasteiger charge is -2.27. The van der Waals surface area contributed by atoms with Crippen molar-refractivity contribution in [2.45, 2.75) is 31.3 Å². The van der Waals surface area contributed by atoms with E-state index in [0.29, 0.717) is 10.8 Å². The van der Waals surface area contributed by atoms with Gasteiger partial charge in [-0.1, -0.05) is 41.1 Å². The summed E-state index contributed by atoms with van der Waals surface area (Å²) < 4.78 is 1.99. The molecular formula is C22H23ClN6O3S. The largest absolute Gasteiger partial charge is 0.341 e. The first-order chi connectivity index (χ1) is 15.9. The normalized spacial score (nSPS) is 13.7. The maximum atomic E-state index is 12.6. The number of aryl methyl sites for hydroxylation is 1. The number of carbonyl (C=O) groups excluding carboxylic acids is 1. The van der Waals surface area contributed by atoms with Crippen molar-refractivity contribution >= 4 is 46.6 Å². The van der Waals surface area contributed by atoms with E-state index in [0.717, 1.165) is 43.1 Å². The van der Waals surface area contributed by atoms with Crippen molar-refractivity contribution in [3.63, 3.8) is 0 Å². The number of piperidine rings is 1. The molecule has 172 valence electrons. The second kappa shape index (κ2) is 10.2. The standard InChI is InChI=1S/C22H23ClN6O3S/c1-15-5-7-16(8-6-15)28-21(27-11-3-2-4-12-27)25-26-22(28)33-14-20(30)24-19-10-9-17(29(31)32)13-18(19)23/h5-10,13H,2-4,11-12,14H2,1H3,(H,24,30). The predicted molar refractivity (Wildman–Crippen MR) is 130 cm³/mol. The fourth-order valence-electron chi connectivity index (χ4n) is 3.61. The van der Waals surface area contributed by atoms with Crippen LogP contribution in [0.1, 0.15) is 24.8 Å². The lowest BCUT2D eigenvalue weighted by molar-refractivity contribution is -0.384. The van der Waals surface area contributed by atoms with Gasteiger partial charge in [0.1, 0.15) is 0 Å². The number of nitro groups is 1. The molecule has 0 unspecified atom stereocenters. The topological polar surface area (TPSA) is 106 Å². The number of anilines is 2. The summed E-state index contributed by atoms with van der Waals surface area (Å²) >= 11 is 7.36. The highest BCUT2D eigenvalue weighted by Gasteiger charge is 2.22. The van der Waals surface area contributed by atoms with E-state index in [4.69, 9.17) is 11.6 Å². The zero-order valence-corrected chi connectivity index (χ0v) is 19.6. The van der Waals surface area contributed by atoms with E-state index in [1.165, 1.54) is 36.4 Å². The Bertz CT molecular complexity index is 1160. The maximum Gasteiger partial charge on any atom is 0.271 e. The zero-order chi connectivity index (χ0) is 23.4. The molecule has 33 heavy (non-hydrogen) atoms. The molecule has 9 nitrogen and oxygen atoms in total. The Labute approximate surface area is 200 Å². The Balaban J connectivity index is 1.51. The van der Waals surface area contributed by atoms with E-state index in [1.54, 1.807) is 0 Å². The number of thioether (sulfide) groups is 1. The zero-order valence-electron chi connectivity index (χ0n) is 18.0. The molecule has 1 aromatic heterocycles. The summed E-state index contributed by atoms with van der Waals surface area (Å²) in [7, 11) is 0. The second-order valence-corrected chi connectivity index (χ2v) is 9.11. The third-order valence-corrected chi connectivity index (χ3v) is 6.56. The molecule has 1 amide bonds. The minimum Gasteiger partial charge on any atom is -0.341 e. The predicted octanol–water partition coefficient (Wildman–Crippen LogP) is 4.86. The first-order valence-corrected chi connectivity index (χ1v) is 11.9. The average molecular weight is 487 g/mol. The molecule has 1 aliphatic heterocycles. The van der Waals surface area contributed by atoms with Crippen LogP contribution < -0.4 is 10.2 Å². The van der Waals surface area contributed by atoms with Crippen molar-refractivity contribution in [3.05, 3.63) is 63.2 Å². The second-order valence-electron chi connectivity index (χ2n) is 7.76. The van der Waals surface area contributed by atoms with Crippen LogP contribution in [-0.4, -0.2) is 44.4 Å². The SMILES string of the molecule is Cc1ccc(-n2c(SCC(=O)Nc3ccc([N+](=O)[O-])cc3Cl)nnc2N2CCCCC2)cc1. The van der Waals surface area contributed by atoms with Crippen LogP contribution in [0.5, 0.6) is 0 Å². The van der Waals surface area contributed by atoms with Gasteiger partial charge < -0.3 is 10.2 Å². The average Bonchev–Trinajstić information content (AvgIpc) is 3.24. The lowest BCUT2D eigenvalue weighted by Crippen LogP contribution is -2.31. The Morgan fingerprint density at radius 2 is 1.88 bits per heavy atom. The van der Waals surface area contributed by atoms with Crippen molar-refractivity contribution in [2.24, 2.45) is 0 Å². The van der Waals surface area contributed by atoms with Crippen molar-refractivity contribution in [3.8, 4) is 5.69 Å². The van der Waals surface area contributed by atoms with Crippen LogP contribution in [0.25, 0.3) is 5.69 Å². The fraction of sp³-hybridized carbons (Fsp3) is 0.318. The van der Waals surface area contributed by atoms with E-state index in [1.807, 2.05) is 35.8 Å². The smallest absolute Gasteiger partial charge is 0.271 e. The van der Waals surface area contributed by atoms with E-state index in [9.17, 15) is 14.9 Å². The van der Waals surface area contributed by atoms with Crippen molar-refractivity contribution in [1.29, 1.82) is 0 Å². The molecule has 0 spiro atoms.